The Morgan fingerprint density at radius 1 is 1.20 bits per heavy atom. The predicted octanol–water partition coefficient (Wildman–Crippen LogP) is 5.35. The van der Waals surface area contributed by atoms with E-state index in [2.05, 4.69) is 15.5 Å². The van der Waals surface area contributed by atoms with Crippen LogP contribution in [0.5, 0.6) is 0 Å². The number of aromatic nitrogens is 3. The van der Waals surface area contributed by atoms with E-state index in [1.54, 1.807) is 18.7 Å². The maximum Gasteiger partial charge on any atom is 0.242 e. The molecular formula is C22H19ClN4O2S. The average molecular weight is 439 g/mol. The molecule has 2 aromatic heterocycles. The molecule has 1 atom stereocenters. The highest BCUT2D eigenvalue weighted by Crippen LogP contribution is 2.35. The Bertz CT molecular complexity index is 1130. The van der Waals surface area contributed by atoms with Crippen LogP contribution in [0.2, 0.25) is 5.02 Å². The third-order valence-electron chi connectivity index (χ3n) is 4.49. The molecule has 152 valence electrons. The van der Waals surface area contributed by atoms with E-state index in [1.165, 1.54) is 11.8 Å². The first-order chi connectivity index (χ1) is 14.6. The normalized spacial score (nSPS) is 11.9. The van der Waals surface area contributed by atoms with Gasteiger partial charge in [-0.15, -0.1) is 10.2 Å². The van der Waals surface area contributed by atoms with Crippen molar-refractivity contribution in [2.24, 2.45) is 0 Å². The molecule has 1 amide bonds. The molecule has 4 rings (SSSR count). The maximum absolute atomic E-state index is 13.2. The van der Waals surface area contributed by atoms with Gasteiger partial charge in [0.15, 0.2) is 5.16 Å². The minimum atomic E-state index is -0.522. The van der Waals surface area contributed by atoms with Gasteiger partial charge >= 0.3 is 0 Å². The predicted molar refractivity (Wildman–Crippen MR) is 118 cm³/mol. The minimum absolute atomic E-state index is 0.168. The van der Waals surface area contributed by atoms with Crippen molar-refractivity contribution in [1.29, 1.82) is 0 Å². The highest BCUT2D eigenvalue weighted by molar-refractivity contribution is 8.00. The number of benzene rings is 2. The molecule has 0 fully saturated rings. The van der Waals surface area contributed by atoms with E-state index in [4.69, 9.17) is 16.0 Å². The summed E-state index contributed by atoms with van der Waals surface area (Å²) in [5.41, 5.74) is 2.47. The number of hydrogen-bond acceptors (Lipinski definition) is 5. The summed E-state index contributed by atoms with van der Waals surface area (Å²) in [7, 11) is 0. The molecule has 2 aromatic carbocycles. The fourth-order valence-electron chi connectivity index (χ4n) is 2.90. The lowest BCUT2D eigenvalue weighted by atomic mass is 10.1. The standard InChI is InChI=1S/C22H19ClN4O2S/c1-15-9-10-17(12-19(15)23)25-21(28)20(16-6-3-2-4-7-16)30-22-26-24-14-27(22)13-18-8-5-11-29-18/h2-12,14,20H,13H2,1H3,(H,25,28). The number of carbonyl (C=O) groups excluding carboxylic acids is 1. The zero-order valence-electron chi connectivity index (χ0n) is 16.2. The van der Waals surface area contributed by atoms with Crippen LogP contribution in [0, 0.1) is 6.92 Å². The molecule has 0 aliphatic heterocycles. The van der Waals surface area contributed by atoms with Crippen molar-refractivity contribution >= 4 is 35.0 Å². The number of halogens is 1. The second-order valence-electron chi connectivity index (χ2n) is 6.68. The molecule has 0 bridgehead atoms. The van der Waals surface area contributed by atoms with Gasteiger partial charge in [-0.25, -0.2) is 0 Å². The van der Waals surface area contributed by atoms with Crippen LogP contribution in [0.15, 0.2) is 82.8 Å². The number of furan rings is 1. The van der Waals surface area contributed by atoms with Gasteiger partial charge in [0, 0.05) is 10.7 Å². The van der Waals surface area contributed by atoms with E-state index >= 15 is 0 Å². The van der Waals surface area contributed by atoms with E-state index in [-0.39, 0.29) is 5.91 Å². The van der Waals surface area contributed by atoms with Crippen LogP contribution in [0.3, 0.4) is 0 Å². The molecule has 8 heteroatoms. The summed E-state index contributed by atoms with van der Waals surface area (Å²) in [5, 5.41) is 11.9. The third kappa shape index (κ3) is 4.75. The van der Waals surface area contributed by atoms with Crippen LogP contribution in [0.25, 0.3) is 0 Å². The number of aryl methyl sites for hydroxylation is 1. The molecular weight excluding hydrogens is 420 g/mol. The van der Waals surface area contributed by atoms with Gasteiger partial charge in [-0.2, -0.15) is 0 Å². The molecule has 0 aliphatic rings. The Hall–Kier alpha value is -3.03. The summed E-state index contributed by atoms with van der Waals surface area (Å²) >= 11 is 7.54. The molecule has 0 saturated heterocycles. The lowest BCUT2D eigenvalue weighted by Crippen LogP contribution is -2.19. The summed E-state index contributed by atoms with van der Waals surface area (Å²) in [6.45, 7) is 2.40. The topological polar surface area (TPSA) is 73.0 Å². The Labute approximate surface area is 183 Å². The molecule has 1 N–H and O–H groups in total. The summed E-state index contributed by atoms with van der Waals surface area (Å²) in [4.78, 5) is 13.2. The van der Waals surface area contributed by atoms with Gasteiger partial charge in [-0.1, -0.05) is 59.8 Å². The van der Waals surface area contributed by atoms with Gasteiger partial charge < -0.3 is 14.3 Å². The molecule has 0 spiro atoms. The van der Waals surface area contributed by atoms with Gasteiger partial charge in [0.2, 0.25) is 5.91 Å². The molecule has 0 saturated carbocycles. The van der Waals surface area contributed by atoms with Crippen molar-refractivity contribution in [1.82, 2.24) is 14.8 Å². The van der Waals surface area contributed by atoms with Crippen molar-refractivity contribution in [3.63, 3.8) is 0 Å². The quantitative estimate of drug-likeness (QED) is 0.393. The van der Waals surface area contributed by atoms with E-state index in [1.807, 2.05) is 66.1 Å². The van der Waals surface area contributed by atoms with Crippen LogP contribution in [0.4, 0.5) is 5.69 Å². The number of hydrogen-bond donors (Lipinski definition) is 1. The zero-order chi connectivity index (χ0) is 20.9. The minimum Gasteiger partial charge on any atom is -0.467 e. The number of anilines is 1. The average Bonchev–Trinajstić information content (AvgIpc) is 3.42. The Morgan fingerprint density at radius 3 is 2.77 bits per heavy atom. The molecule has 6 nitrogen and oxygen atoms in total. The molecule has 0 aliphatic carbocycles. The number of amides is 1. The molecule has 30 heavy (non-hydrogen) atoms. The number of nitrogens with zero attached hydrogens (tertiary/aromatic N) is 3. The van der Waals surface area contributed by atoms with Gasteiger partial charge in [-0.3, -0.25) is 4.79 Å². The summed E-state index contributed by atoms with van der Waals surface area (Å²) in [6, 6.07) is 18.8. The van der Waals surface area contributed by atoms with Crippen LogP contribution in [-0.2, 0) is 11.3 Å². The Kier molecular flexibility index (Phi) is 6.21. The van der Waals surface area contributed by atoms with E-state index in [0.29, 0.717) is 22.4 Å². The monoisotopic (exact) mass is 438 g/mol. The van der Waals surface area contributed by atoms with Crippen LogP contribution in [0.1, 0.15) is 22.1 Å². The molecule has 4 aromatic rings. The van der Waals surface area contributed by atoms with Gasteiger partial charge in [0.25, 0.3) is 0 Å². The zero-order valence-corrected chi connectivity index (χ0v) is 17.7. The summed E-state index contributed by atoms with van der Waals surface area (Å²) < 4.78 is 7.28. The SMILES string of the molecule is Cc1ccc(NC(=O)C(Sc2nncn2Cc2ccco2)c2ccccc2)cc1Cl. The fourth-order valence-corrected chi connectivity index (χ4v) is 4.09. The molecule has 1 unspecified atom stereocenters. The van der Waals surface area contributed by atoms with Crippen LogP contribution >= 0.6 is 23.4 Å². The van der Waals surface area contributed by atoms with Crippen LogP contribution in [-0.4, -0.2) is 20.7 Å². The van der Waals surface area contributed by atoms with Crippen LogP contribution < -0.4 is 5.32 Å². The van der Waals surface area contributed by atoms with E-state index in [0.717, 1.165) is 16.9 Å². The largest absolute Gasteiger partial charge is 0.467 e. The van der Waals surface area contributed by atoms with E-state index < -0.39 is 5.25 Å². The summed E-state index contributed by atoms with van der Waals surface area (Å²) in [5.74, 6) is 0.616. The number of nitrogens with one attached hydrogen (secondary N) is 1. The van der Waals surface area contributed by atoms with Gasteiger partial charge in [0.1, 0.15) is 17.3 Å². The maximum atomic E-state index is 13.2. The second kappa shape index (κ2) is 9.19. The third-order valence-corrected chi connectivity index (χ3v) is 6.15. The Morgan fingerprint density at radius 2 is 2.03 bits per heavy atom. The summed E-state index contributed by atoms with van der Waals surface area (Å²) in [6.07, 6.45) is 3.25. The number of thioether (sulfide) groups is 1. The second-order valence-corrected chi connectivity index (χ2v) is 8.16. The van der Waals surface area contributed by atoms with Crippen molar-refractivity contribution < 1.29 is 9.21 Å². The first kappa shape index (κ1) is 20.3. The Balaban J connectivity index is 1.59. The van der Waals surface area contributed by atoms with Crippen molar-refractivity contribution in [2.45, 2.75) is 23.9 Å². The van der Waals surface area contributed by atoms with Crippen molar-refractivity contribution in [3.8, 4) is 0 Å². The highest BCUT2D eigenvalue weighted by Gasteiger charge is 2.25. The molecule has 0 radical (unpaired) electrons. The van der Waals surface area contributed by atoms with Crippen molar-refractivity contribution in [3.05, 3.63) is 95.2 Å². The van der Waals surface area contributed by atoms with Gasteiger partial charge in [-0.05, 0) is 42.3 Å². The lowest BCUT2D eigenvalue weighted by molar-refractivity contribution is -0.115. The van der Waals surface area contributed by atoms with Crippen molar-refractivity contribution in [2.75, 3.05) is 5.32 Å². The smallest absolute Gasteiger partial charge is 0.242 e. The van der Waals surface area contributed by atoms with Gasteiger partial charge in [0.05, 0.1) is 12.8 Å². The lowest BCUT2D eigenvalue weighted by Gasteiger charge is -2.17. The first-order valence-corrected chi connectivity index (χ1v) is 10.5. The van der Waals surface area contributed by atoms with E-state index in [9.17, 15) is 4.79 Å². The highest BCUT2D eigenvalue weighted by atomic mass is 35.5. The number of rotatable bonds is 7. The molecule has 2 heterocycles. The number of carbonyl (C=O) groups is 1. The first-order valence-electron chi connectivity index (χ1n) is 9.29. The fraction of sp³-hybridized carbons (Fsp3) is 0.136.